The van der Waals surface area contributed by atoms with E-state index in [2.05, 4.69) is 10.2 Å². The van der Waals surface area contributed by atoms with E-state index in [-0.39, 0.29) is 0 Å². The van der Waals surface area contributed by atoms with E-state index in [1.54, 1.807) is 0 Å². The molecule has 0 unspecified atom stereocenters. The summed E-state index contributed by atoms with van der Waals surface area (Å²) in [6.45, 7) is 6.59. The maximum atomic E-state index is 5.45. The Labute approximate surface area is 81.4 Å². The topological polar surface area (TPSA) is 24.5 Å². The summed E-state index contributed by atoms with van der Waals surface area (Å²) in [6, 6.07) is 0. The van der Waals surface area contributed by atoms with Gasteiger partial charge in [0, 0.05) is 13.2 Å². The fraction of sp³-hybridized carbons (Fsp3) is 1.00. The Hall–Kier alpha value is -0.120. The second kappa shape index (κ2) is 7.30. The molecule has 1 aliphatic heterocycles. The van der Waals surface area contributed by atoms with Crippen LogP contribution >= 0.6 is 0 Å². The molecule has 1 N–H and O–H groups in total. The van der Waals surface area contributed by atoms with Crippen LogP contribution in [0.4, 0.5) is 0 Å². The molecule has 13 heavy (non-hydrogen) atoms. The van der Waals surface area contributed by atoms with Crippen molar-refractivity contribution in [3.05, 3.63) is 0 Å². The van der Waals surface area contributed by atoms with Gasteiger partial charge in [0.15, 0.2) is 0 Å². The zero-order chi connectivity index (χ0) is 9.36. The molecule has 3 nitrogen and oxygen atoms in total. The van der Waals surface area contributed by atoms with Crippen LogP contribution in [0.5, 0.6) is 0 Å². The Kier molecular flexibility index (Phi) is 6.15. The Balaban J connectivity index is 2.06. The van der Waals surface area contributed by atoms with Crippen molar-refractivity contribution in [3.63, 3.8) is 0 Å². The van der Waals surface area contributed by atoms with E-state index in [4.69, 9.17) is 4.74 Å². The molecule has 3 heteroatoms. The second-order valence-corrected chi connectivity index (χ2v) is 3.62. The smallest absolute Gasteiger partial charge is 0.0593 e. The molecule has 0 aromatic rings. The zero-order valence-electron chi connectivity index (χ0n) is 8.72. The van der Waals surface area contributed by atoms with Gasteiger partial charge in [-0.3, -0.25) is 0 Å². The van der Waals surface area contributed by atoms with Crippen molar-refractivity contribution in [3.8, 4) is 0 Å². The number of nitrogens with zero attached hydrogens (tertiary/aromatic N) is 1. The van der Waals surface area contributed by atoms with Gasteiger partial charge >= 0.3 is 0 Å². The quantitative estimate of drug-likeness (QED) is 0.654. The fourth-order valence-electron chi connectivity index (χ4n) is 1.65. The highest BCUT2D eigenvalue weighted by Gasteiger charge is 2.06. The predicted octanol–water partition coefficient (Wildman–Crippen LogP) is 0.708. The van der Waals surface area contributed by atoms with Gasteiger partial charge in [-0.15, -0.1) is 0 Å². The number of hydrogen-bond acceptors (Lipinski definition) is 3. The molecule has 1 fully saturated rings. The average molecular weight is 186 g/mol. The standard InChI is InChI=1S/C10H22N2O/c1-11-5-4-7-12-6-2-3-9-13-10-8-12/h11H,2-10H2,1H3. The Morgan fingerprint density at radius 2 is 2.15 bits per heavy atom. The lowest BCUT2D eigenvalue weighted by Crippen LogP contribution is -2.32. The monoisotopic (exact) mass is 186 g/mol. The second-order valence-electron chi connectivity index (χ2n) is 3.62. The highest BCUT2D eigenvalue weighted by Crippen LogP contribution is 2.01. The van der Waals surface area contributed by atoms with Crippen LogP contribution in [0.15, 0.2) is 0 Å². The first-order chi connectivity index (χ1) is 6.43. The van der Waals surface area contributed by atoms with Crippen molar-refractivity contribution < 1.29 is 4.74 Å². The number of hydrogen-bond donors (Lipinski definition) is 1. The van der Waals surface area contributed by atoms with E-state index in [0.717, 1.165) is 26.3 Å². The summed E-state index contributed by atoms with van der Waals surface area (Å²) in [5.41, 5.74) is 0. The summed E-state index contributed by atoms with van der Waals surface area (Å²) >= 11 is 0. The minimum atomic E-state index is 0.916. The van der Waals surface area contributed by atoms with E-state index in [1.165, 1.54) is 32.4 Å². The molecule has 1 heterocycles. The molecule has 1 rings (SSSR count). The normalized spacial score (nSPS) is 21.0. The molecule has 0 aromatic heterocycles. The van der Waals surface area contributed by atoms with Gasteiger partial charge in [0.25, 0.3) is 0 Å². The Bertz CT molecular complexity index is 111. The highest BCUT2D eigenvalue weighted by molar-refractivity contribution is 4.61. The van der Waals surface area contributed by atoms with E-state index in [1.807, 2.05) is 7.05 Å². The largest absolute Gasteiger partial charge is 0.380 e. The van der Waals surface area contributed by atoms with Gasteiger partial charge in [0.05, 0.1) is 6.61 Å². The van der Waals surface area contributed by atoms with Crippen LogP contribution in [0.25, 0.3) is 0 Å². The number of rotatable bonds is 4. The maximum Gasteiger partial charge on any atom is 0.0593 e. The minimum absolute atomic E-state index is 0.916. The van der Waals surface area contributed by atoms with Crippen LogP contribution in [-0.2, 0) is 4.74 Å². The van der Waals surface area contributed by atoms with Crippen molar-refractivity contribution in [1.29, 1.82) is 0 Å². The summed E-state index contributed by atoms with van der Waals surface area (Å²) in [4.78, 5) is 2.51. The maximum absolute atomic E-state index is 5.45. The predicted molar refractivity (Wildman–Crippen MR) is 55.0 cm³/mol. The SMILES string of the molecule is CNCCCN1CCCCOCC1. The van der Waals surface area contributed by atoms with Crippen LogP contribution in [0.3, 0.4) is 0 Å². The zero-order valence-corrected chi connectivity index (χ0v) is 8.72. The molecule has 0 radical (unpaired) electrons. The van der Waals surface area contributed by atoms with Crippen molar-refractivity contribution in [1.82, 2.24) is 10.2 Å². The first-order valence-electron chi connectivity index (χ1n) is 5.38. The van der Waals surface area contributed by atoms with Crippen LogP contribution in [0.1, 0.15) is 19.3 Å². The first-order valence-corrected chi connectivity index (χ1v) is 5.38. The molecule has 1 saturated heterocycles. The summed E-state index contributed by atoms with van der Waals surface area (Å²) in [6.07, 6.45) is 3.76. The van der Waals surface area contributed by atoms with Crippen LogP contribution in [0.2, 0.25) is 0 Å². The van der Waals surface area contributed by atoms with Gasteiger partial charge in [-0.25, -0.2) is 0 Å². The number of nitrogens with one attached hydrogen (secondary N) is 1. The molecule has 78 valence electrons. The van der Waals surface area contributed by atoms with Gasteiger partial charge < -0.3 is 15.0 Å². The van der Waals surface area contributed by atoms with Crippen molar-refractivity contribution in [2.24, 2.45) is 0 Å². The molecule has 0 aliphatic carbocycles. The fourth-order valence-corrected chi connectivity index (χ4v) is 1.65. The van der Waals surface area contributed by atoms with Crippen molar-refractivity contribution >= 4 is 0 Å². The summed E-state index contributed by atoms with van der Waals surface area (Å²) in [5.74, 6) is 0. The average Bonchev–Trinajstić information content (AvgIpc) is 2.08. The van der Waals surface area contributed by atoms with Gasteiger partial charge in [-0.2, -0.15) is 0 Å². The van der Waals surface area contributed by atoms with Crippen LogP contribution in [0, 0.1) is 0 Å². The minimum Gasteiger partial charge on any atom is -0.380 e. The van der Waals surface area contributed by atoms with Gasteiger partial charge in [0.1, 0.15) is 0 Å². The first kappa shape index (κ1) is 11.0. The lowest BCUT2D eigenvalue weighted by Gasteiger charge is -2.24. The summed E-state index contributed by atoms with van der Waals surface area (Å²) < 4.78 is 5.45. The molecular formula is C10H22N2O. The molecule has 1 aliphatic rings. The molecule has 0 atom stereocenters. The Morgan fingerprint density at radius 3 is 3.00 bits per heavy atom. The van der Waals surface area contributed by atoms with E-state index >= 15 is 0 Å². The van der Waals surface area contributed by atoms with Gasteiger partial charge in [-0.05, 0) is 45.9 Å². The molecule has 0 aromatic carbocycles. The summed E-state index contributed by atoms with van der Waals surface area (Å²) in [5, 5.41) is 3.18. The van der Waals surface area contributed by atoms with E-state index < -0.39 is 0 Å². The molecule has 0 amide bonds. The van der Waals surface area contributed by atoms with E-state index in [9.17, 15) is 0 Å². The molecular weight excluding hydrogens is 164 g/mol. The molecule has 0 bridgehead atoms. The Morgan fingerprint density at radius 1 is 1.23 bits per heavy atom. The lowest BCUT2D eigenvalue weighted by atomic mass is 10.2. The van der Waals surface area contributed by atoms with Crippen molar-refractivity contribution in [2.45, 2.75) is 19.3 Å². The number of ether oxygens (including phenoxy) is 1. The van der Waals surface area contributed by atoms with E-state index in [0.29, 0.717) is 0 Å². The van der Waals surface area contributed by atoms with Crippen LogP contribution < -0.4 is 5.32 Å². The van der Waals surface area contributed by atoms with Gasteiger partial charge in [-0.1, -0.05) is 0 Å². The summed E-state index contributed by atoms with van der Waals surface area (Å²) in [7, 11) is 2.01. The molecule has 0 spiro atoms. The third-order valence-electron chi connectivity index (χ3n) is 2.47. The van der Waals surface area contributed by atoms with Crippen molar-refractivity contribution in [2.75, 3.05) is 46.4 Å². The van der Waals surface area contributed by atoms with Crippen LogP contribution in [-0.4, -0.2) is 51.3 Å². The molecule has 0 saturated carbocycles. The lowest BCUT2D eigenvalue weighted by molar-refractivity contribution is 0.0803. The third kappa shape index (κ3) is 5.24. The highest BCUT2D eigenvalue weighted by atomic mass is 16.5. The van der Waals surface area contributed by atoms with Gasteiger partial charge in [0.2, 0.25) is 0 Å². The third-order valence-corrected chi connectivity index (χ3v) is 2.47.